The highest BCUT2D eigenvalue weighted by molar-refractivity contribution is 5.83. The third-order valence-corrected chi connectivity index (χ3v) is 3.88. The molecule has 0 saturated carbocycles. The first-order valence-corrected chi connectivity index (χ1v) is 8.47. The lowest BCUT2D eigenvalue weighted by atomic mass is 9.96. The predicted molar refractivity (Wildman–Crippen MR) is 95.8 cm³/mol. The molecule has 6 heteroatoms. The van der Waals surface area contributed by atoms with Crippen LogP contribution in [0.15, 0.2) is 30.3 Å². The Kier molecular flexibility index (Phi) is 7.61. The highest BCUT2D eigenvalue weighted by Gasteiger charge is 2.25. The Labute approximate surface area is 149 Å². The molecule has 0 aliphatic rings. The van der Waals surface area contributed by atoms with Crippen molar-refractivity contribution in [3.05, 3.63) is 35.9 Å². The van der Waals surface area contributed by atoms with Gasteiger partial charge in [-0.15, -0.1) is 0 Å². The zero-order valence-corrected chi connectivity index (χ0v) is 15.4. The molecule has 138 valence electrons. The molecule has 1 unspecified atom stereocenters. The molecule has 1 aromatic rings. The SMILES string of the molecule is CC(C(=O)O)N(Cc1ccccc1)C(=O)CCCNC(=O)C(C)(C)C. The van der Waals surface area contributed by atoms with Crippen LogP contribution in [0.5, 0.6) is 0 Å². The molecule has 1 rings (SSSR count). The first kappa shape index (κ1) is 20.7. The number of carbonyl (C=O) groups is 3. The summed E-state index contributed by atoms with van der Waals surface area (Å²) in [5.41, 5.74) is 0.409. The van der Waals surface area contributed by atoms with E-state index in [1.165, 1.54) is 11.8 Å². The van der Waals surface area contributed by atoms with E-state index >= 15 is 0 Å². The number of nitrogens with zero attached hydrogens (tertiary/aromatic N) is 1. The topological polar surface area (TPSA) is 86.7 Å². The summed E-state index contributed by atoms with van der Waals surface area (Å²) < 4.78 is 0. The van der Waals surface area contributed by atoms with Gasteiger partial charge in [-0.2, -0.15) is 0 Å². The van der Waals surface area contributed by atoms with E-state index in [1.807, 2.05) is 51.1 Å². The minimum absolute atomic E-state index is 0.0694. The first-order valence-electron chi connectivity index (χ1n) is 8.47. The Bertz CT molecular complexity index is 593. The fraction of sp³-hybridized carbons (Fsp3) is 0.526. The normalized spacial score (nSPS) is 12.3. The van der Waals surface area contributed by atoms with Gasteiger partial charge in [0.15, 0.2) is 0 Å². The van der Waals surface area contributed by atoms with Gasteiger partial charge in [0.1, 0.15) is 6.04 Å². The average Bonchev–Trinajstić information content (AvgIpc) is 2.55. The highest BCUT2D eigenvalue weighted by atomic mass is 16.4. The van der Waals surface area contributed by atoms with Crippen LogP contribution in [-0.4, -0.2) is 40.4 Å². The van der Waals surface area contributed by atoms with Crippen molar-refractivity contribution in [1.82, 2.24) is 10.2 Å². The van der Waals surface area contributed by atoms with Crippen LogP contribution < -0.4 is 5.32 Å². The van der Waals surface area contributed by atoms with Crippen LogP contribution in [0.1, 0.15) is 46.1 Å². The lowest BCUT2D eigenvalue weighted by Crippen LogP contribution is -2.43. The third kappa shape index (κ3) is 6.95. The zero-order chi connectivity index (χ0) is 19.0. The maximum atomic E-state index is 12.5. The Morgan fingerprint density at radius 2 is 1.76 bits per heavy atom. The van der Waals surface area contributed by atoms with E-state index in [9.17, 15) is 19.5 Å². The number of nitrogens with one attached hydrogen (secondary N) is 1. The van der Waals surface area contributed by atoms with Gasteiger partial charge >= 0.3 is 5.97 Å². The standard InChI is InChI=1S/C19H28N2O4/c1-14(17(23)24)21(13-15-9-6-5-7-10-15)16(22)11-8-12-20-18(25)19(2,3)4/h5-7,9-10,14H,8,11-13H2,1-4H3,(H,20,25)(H,23,24). The van der Waals surface area contributed by atoms with Crippen molar-refractivity contribution in [2.24, 2.45) is 5.41 Å². The number of aliphatic carboxylic acids is 1. The van der Waals surface area contributed by atoms with E-state index in [1.54, 1.807) is 0 Å². The second-order valence-corrected chi connectivity index (χ2v) is 7.13. The van der Waals surface area contributed by atoms with Crippen LogP contribution in [0.3, 0.4) is 0 Å². The zero-order valence-electron chi connectivity index (χ0n) is 15.4. The van der Waals surface area contributed by atoms with Gasteiger partial charge in [0.05, 0.1) is 0 Å². The van der Waals surface area contributed by atoms with Crippen LogP contribution in [-0.2, 0) is 20.9 Å². The third-order valence-electron chi connectivity index (χ3n) is 3.88. The molecule has 2 N–H and O–H groups in total. The van der Waals surface area contributed by atoms with Crippen LogP contribution >= 0.6 is 0 Å². The Morgan fingerprint density at radius 3 is 2.28 bits per heavy atom. The molecule has 0 aliphatic carbocycles. The van der Waals surface area contributed by atoms with Gasteiger partial charge in [0, 0.05) is 24.9 Å². The van der Waals surface area contributed by atoms with Gasteiger partial charge in [-0.25, -0.2) is 4.79 Å². The van der Waals surface area contributed by atoms with Crippen LogP contribution in [0, 0.1) is 5.41 Å². The lowest BCUT2D eigenvalue weighted by Gasteiger charge is -2.27. The number of hydrogen-bond donors (Lipinski definition) is 2. The molecule has 1 aromatic carbocycles. The number of carbonyl (C=O) groups excluding carboxylic acids is 2. The maximum absolute atomic E-state index is 12.5. The summed E-state index contributed by atoms with van der Waals surface area (Å²) in [4.78, 5) is 37.0. The molecule has 0 heterocycles. The minimum Gasteiger partial charge on any atom is -0.480 e. The summed E-state index contributed by atoms with van der Waals surface area (Å²) in [6.45, 7) is 7.62. The van der Waals surface area contributed by atoms with Crippen LogP contribution in [0.4, 0.5) is 0 Å². The summed E-state index contributed by atoms with van der Waals surface area (Å²) in [7, 11) is 0. The molecule has 1 atom stereocenters. The summed E-state index contributed by atoms with van der Waals surface area (Å²) in [6.07, 6.45) is 0.660. The van der Waals surface area contributed by atoms with Crippen molar-refractivity contribution in [2.45, 2.75) is 53.1 Å². The monoisotopic (exact) mass is 348 g/mol. The molecule has 6 nitrogen and oxygen atoms in total. The smallest absolute Gasteiger partial charge is 0.326 e. The maximum Gasteiger partial charge on any atom is 0.326 e. The van der Waals surface area contributed by atoms with Crippen LogP contribution in [0.25, 0.3) is 0 Å². The molecular formula is C19H28N2O4. The van der Waals surface area contributed by atoms with E-state index in [4.69, 9.17) is 0 Å². The summed E-state index contributed by atoms with van der Waals surface area (Å²) in [6, 6.07) is 8.39. The van der Waals surface area contributed by atoms with Gasteiger partial charge < -0.3 is 15.3 Å². The van der Waals surface area contributed by atoms with Gasteiger partial charge in [0.25, 0.3) is 0 Å². The number of carboxylic acids is 1. The summed E-state index contributed by atoms with van der Waals surface area (Å²) >= 11 is 0. The molecule has 0 spiro atoms. The predicted octanol–water partition coefficient (Wildman–Crippen LogP) is 2.43. The van der Waals surface area contributed by atoms with Crippen molar-refractivity contribution >= 4 is 17.8 Å². The average molecular weight is 348 g/mol. The second kappa shape index (κ2) is 9.20. The molecule has 0 bridgehead atoms. The molecule has 0 fully saturated rings. The molecule has 2 amide bonds. The number of hydrogen-bond acceptors (Lipinski definition) is 3. The first-order chi connectivity index (χ1) is 11.6. The highest BCUT2D eigenvalue weighted by Crippen LogP contribution is 2.13. The Hall–Kier alpha value is -2.37. The molecule has 0 aliphatic heterocycles. The van der Waals surface area contributed by atoms with Gasteiger partial charge in [-0.1, -0.05) is 51.1 Å². The Balaban J connectivity index is 2.61. The number of amides is 2. The summed E-state index contributed by atoms with van der Waals surface area (Å²) in [5.74, 6) is -1.34. The van der Waals surface area contributed by atoms with E-state index in [-0.39, 0.29) is 24.8 Å². The second-order valence-electron chi connectivity index (χ2n) is 7.13. The van der Waals surface area contributed by atoms with E-state index in [0.717, 1.165) is 5.56 Å². The van der Waals surface area contributed by atoms with Crippen molar-refractivity contribution in [3.8, 4) is 0 Å². The fourth-order valence-corrected chi connectivity index (χ4v) is 2.20. The van der Waals surface area contributed by atoms with Crippen molar-refractivity contribution in [1.29, 1.82) is 0 Å². The number of rotatable bonds is 8. The van der Waals surface area contributed by atoms with Crippen molar-refractivity contribution in [3.63, 3.8) is 0 Å². The molecule has 0 aromatic heterocycles. The fourth-order valence-electron chi connectivity index (χ4n) is 2.20. The molecular weight excluding hydrogens is 320 g/mol. The molecule has 25 heavy (non-hydrogen) atoms. The quantitative estimate of drug-likeness (QED) is 0.707. The summed E-state index contributed by atoms with van der Waals surface area (Å²) in [5, 5.41) is 12.1. The minimum atomic E-state index is -1.04. The van der Waals surface area contributed by atoms with Crippen LogP contribution in [0.2, 0.25) is 0 Å². The molecule has 0 saturated heterocycles. The van der Waals surface area contributed by atoms with Gasteiger partial charge in [-0.05, 0) is 18.9 Å². The van der Waals surface area contributed by atoms with E-state index < -0.39 is 17.4 Å². The van der Waals surface area contributed by atoms with Crippen molar-refractivity contribution in [2.75, 3.05) is 6.54 Å². The lowest BCUT2D eigenvalue weighted by molar-refractivity contribution is -0.150. The van der Waals surface area contributed by atoms with Crippen molar-refractivity contribution < 1.29 is 19.5 Å². The van der Waals surface area contributed by atoms with E-state index in [0.29, 0.717) is 13.0 Å². The Morgan fingerprint density at radius 1 is 1.16 bits per heavy atom. The number of benzene rings is 1. The van der Waals surface area contributed by atoms with E-state index in [2.05, 4.69) is 5.32 Å². The van der Waals surface area contributed by atoms with Gasteiger partial charge in [-0.3, -0.25) is 9.59 Å². The van der Waals surface area contributed by atoms with Gasteiger partial charge in [0.2, 0.25) is 11.8 Å². The molecule has 0 radical (unpaired) electrons. The largest absolute Gasteiger partial charge is 0.480 e. The number of carboxylic acid groups (broad SMARTS) is 1.